The van der Waals surface area contributed by atoms with E-state index in [4.69, 9.17) is 11.6 Å². The molecular formula is C24H32ClN5O. The molecule has 0 unspecified atom stereocenters. The third-order valence-corrected chi connectivity index (χ3v) is 6.74. The third kappa shape index (κ3) is 5.12. The van der Waals surface area contributed by atoms with Crippen LogP contribution in [0, 0.1) is 12.8 Å². The summed E-state index contributed by atoms with van der Waals surface area (Å²) in [4.78, 5) is 26.5. The van der Waals surface area contributed by atoms with Gasteiger partial charge in [-0.2, -0.15) is 4.98 Å². The van der Waals surface area contributed by atoms with Crippen molar-refractivity contribution in [3.8, 4) is 0 Å². The summed E-state index contributed by atoms with van der Waals surface area (Å²) < 4.78 is 0. The lowest BCUT2D eigenvalue weighted by atomic mass is 9.82. The monoisotopic (exact) mass is 441 g/mol. The van der Waals surface area contributed by atoms with Crippen molar-refractivity contribution in [2.24, 2.45) is 5.92 Å². The van der Waals surface area contributed by atoms with Gasteiger partial charge in [-0.15, -0.1) is 0 Å². The van der Waals surface area contributed by atoms with Crippen molar-refractivity contribution in [1.82, 2.24) is 9.97 Å². The maximum Gasteiger partial charge on any atom is 0.230 e. The van der Waals surface area contributed by atoms with Gasteiger partial charge in [-0.3, -0.25) is 4.79 Å². The van der Waals surface area contributed by atoms with Crippen LogP contribution in [0.2, 0.25) is 5.02 Å². The summed E-state index contributed by atoms with van der Waals surface area (Å²) in [6.07, 6.45) is 7.09. The first-order chi connectivity index (χ1) is 14.9. The lowest BCUT2D eigenvalue weighted by Gasteiger charge is -2.40. The van der Waals surface area contributed by atoms with E-state index in [0.29, 0.717) is 17.0 Å². The molecule has 0 atom stereocenters. The van der Waals surface area contributed by atoms with Crippen LogP contribution in [0.15, 0.2) is 30.3 Å². The normalized spacial score (nSPS) is 21.3. The second-order valence-electron chi connectivity index (χ2n) is 9.05. The van der Waals surface area contributed by atoms with Crippen LogP contribution in [-0.4, -0.2) is 42.1 Å². The second kappa shape index (κ2) is 9.43. The third-order valence-electron chi connectivity index (χ3n) is 6.49. The molecule has 4 rings (SSSR count). The van der Waals surface area contributed by atoms with Crippen molar-refractivity contribution in [2.45, 2.75) is 64.0 Å². The number of nitrogens with zero attached hydrogens (tertiary/aromatic N) is 4. The summed E-state index contributed by atoms with van der Waals surface area (Å²) in [6.45, 7) is 1.99. The van der Waals surface area contributed by atoms with Gasteiger partial charge in [-0.05, 0) is 69.7 Å². The van der Waals surface area contributed by atoms with Gasteiger partial charge in [0.05, 0.1) is 0 Å². The Hall–Kier alpha value is -2.34. The molecule has 0 radical (unpaired) electrons. The fourth-order valence-electron chi connectivity index (χ4n) is 4.48. The van der Waals surface area contributed by atoms with E-state index in [9.17, 15) is 4.79 Å². The highest BCUT2D eigenvalue weighted by Gasteiger charge is 2.36. The van der Waals surface area contributed by atoms with Crippen LogP contribution in [0.4, 0.5) is 17.5 Å². The van der Waals surface area contributed by atoms with E-state index >= 15 is 0 Å². The first kappa shape index (κ1) is 21.9. The molecule has 0 spiro atoms. The Bertz CT molecular complexity index is 905. The number of hydrogen-bond acceptors (Lipinski definition) is 5. The summed E-state index contributed by atoms with van der Waals surface area (Å²) in [5.74, 6) is 2.05. The lowest BCUT2D eigenvalue weighted by molar-refractivity contribution is -0.125. The Morgan fingerprint density at radius 2 is 1.71 bits per heavy atom. The highest BCUT2D eigenvalue weighted by Crippen LogP contribution is 2.35. The average Bonchev–Trinajstić information content (AvgIpc) is 2.69. The van der Waals surface area contributed by atoms with Crippen LogP contribution in [0.25, 0.3) is 0 Å². The fraction of sp³-hybridized carbons (Fsp3) is 0.542. The summed E-state index contributed by atoms with van der Waals surface area (Å²) in [5.41, 5.74) is 1.92. The minimum absolute atomic E-state index is 0.177. The number of carbonyl (C=O) groups excluding carboxylic acids is 1. The molecule has 0 saturated heterocycles. The maximum absolute atomic E-state index is 13.3. The Kier molecular flexibility index (Phi) is 6.65. The molecule has 2 fully saturated rings. The SMILES string of the molecule is Cc1cc(N(C)C)nc(N[C@H]2CC[C@@H](N(C(=O)C3CCC3)c3ccc(Cl)cc3)CC2)n1. The van der Waals surface area contributed by atoms with Gasteiger partial charge in [-0.1, -0.05) is 18.0 Å². The van der Waals surface area contributed by atoms with E-state index in [-0.39, 0.29) is 17.9 Å². The molecular weight excluding hydrogens is 410 g/mol. The molecule has 2 aliphatic rings. The van der Waals surface area contributed by atoms with E-state index in [1.54, 1.807) is 0 Å². The summed E-state index contributed by atoms with van der Waals surface area (Å²) in [5, 5.41) is 4.23. The fourth-order valence-corrected chi connectivity index (χ4v) is 4.60. The molecule has 0 aliphatic heterocycles. The van der Waals surface area contributed by atoms with Crippen LogP contribution < -0.4 is 15.1 Å². The molecule has 1 aromatic carbocycles. The van der Waals surface area contributed by atoms with E-state index in [2.05, 4.69) is 20.2 Å². The predicted octanol–water partition coefficient (Wildman–Crippen LogP) is 5.06. The van der Waals surface area contributed by atoms with Crippen LogP contribution >= 0.6 is 11.6 Å². The highest BCUT2D eigenvalue weighted by atomic mass is 35.5. The van der Waals surface area contributed by atoms with Crippen molar-refractivity contribution in [1.29, 1.82) is 0 Å². The van der Waals surface area contributed by atoms with Crippen molar-refractivity contribution < 1.29 is 4.79 Å². The topological polar surface area (TPSA) is 61.4 Å². The summed E-state index contributed by atoms with van der Waals surface area (Å²) in [7, 11) is 3.97. The van der Waals surface area contributed by atoms with Crippen LogP contribution in [0.1, 0.15) is 50.6 Å². The van der Waals surface area contributed by atoms with Crippen LogP contribution in [0.3, 0.4) is 0 Å². The molecule has 0 bridgehead atoms. The number of benzene rings is 1. The molecule has 166 valence electrons. The molecule has 1 N–H and O–H groups in total. The number of halogens is 1. The Morgan fingerprint density at radius 1 is 1.03 bits per heavy atom. The summed E-state index contributed by atoms with van der Waals surface area (Å²) in [6, 6.07) is 10.2. The van der Waals surface area contributed by atoms with Gasteiger partial charge in [0.25, 0.3) is 0 Å². The molecule has 2 aromatic rings. The number of aromatic nitrogens is 2. The highest BCUT2D eigenvalue weighted by molar-refractivity contribution is 6.30. The van der Waals surface area contributed by atoms with Gasteiger partial charge >= 0.3 is 0 Å². The van der Waals surface area contributed by atoms with Crippen molar-refractivity contribution in [3.05, 3.63) is 41.0 Å². The van der Waals surface area contributed by atoms with Gasteiger partial charge in [0.2, 0.25) is 11.9 Å². The molecule has 2 aliphatic carbocycles. The number of rotatable bonds is 6. The Morgan fingerprint density at radius 3 is 2.29 bits per heavy atom. The number of amides is 1. The van der Waals surface area contributed by atoms with E-state index in [1.165, 1.54) is 0 Å². The largest absolute Gasteiger partial charge is 0.363 e. The molecule has 1 aromatic heterocycles. The first-order valence-corrected chi connectivity index (χ1v) is 11.7. The van der Waals surface area contributed by atoms with Crippen molar-refractivity contribution in [2.75, 3.05) is 29.2 Å². The van der Waals surface area contributed by atoms with Gasteiger partial charge in [-0.25, -0.2) is 4.98 Å². The zero-order chi connectivity index (χ0) is 22.0. The van der Waals surface area contributed by atoms with Crippen LogP contribution in [-0.2, 0) is 4.79 Å². The van der Waals surface area contributed by atoms with Gasteiger partial charge in [0, 0.05) is 54.6 Å². The zero-order valence-corrected chi connectivity index (χ0v) is 19.4. The standard InChI is InChI=1S/C24H32ClN5O/c1-16-15-22(29(2)3)28-24(26-16)27-19-9-13-21(14-10-19)30(23(31)17-5-4-6-17)20-11-7-18(25)8-12-20/h7-8,11-12,15,17,19,21H,4-6,9-10,13-14H2,1-3H3,(H,26,27,28)/t19-,21+. The molecule has 7 heteroatoms. The predicted molar refractivity (Wildman–Crippen MR) is 127 cm³/mol. The first-order valence-electron chi connectivity index (χ1n) is 11.3. The Labute approximate surface area is 190 Å². The lowest BCUT2D eigenvalue weighted by Crippen LogP contribution is -2.48. The van der Waals surface area contributed by atoms with E-state index in [0.717, 1.165) is 62.1 Å². The molecule has 31 heavy (non-hydrogen) atoms. The van der Waals surface area contributed by atoms with Crippen molar-refractivity contribution in [3.63, 3.8) is 0 Å². The number of hydrogen-bond donors (Lipinski definition) is 1. The minimum Gasteiger partial charge on any atom is -0.363 e. The quantitative estimate of drug-likeness (QED) is 0.678. The van der Waals surface area contributed by atoms with Gasteiger partial charge in [0.1, 0.15) is 5.82 Å². The van der Waals surface area contributed by atoms with E-state index in [1.807, 2.05) is 56.3 Å². The number of carbonyl (C=O) groups is 1. The smallest absolute Gasteiger partial charge is 0.230 e. The number of anilines is 3. The zero-order valence-electron chi connectivity index (χ0n) is 18.6. The van der Waals surface area contributed by atoms with Crippen molar-refractivity contribution >= 4 is 35.0 Å². The number of aryl methyl sites for hydroxylation is 1. The van der Waals surface area contributed by atoms with Gasteiger partial charge < -0.3 is 15.1 Å². The van der Waals surface area contributed by atoms with E-state index < -0.39 is 0 Å². The molecule has 6 nitrogen and oxygen atoms in total. The van der Waals surface area contributed by atoms with Crippen LogP contribution in [0.5, 0.6) is 0 Å². The Balaban J connectivity index is 1.44. The van der Waals surface area contributed by atoms with Gasteiger partial charge in [0.15, 0.2) is 0 Å². The molecule has 1 heterocycles. The second-order valence-corrected chi connectivity index (χ2v) is 9.48. The summed E-state index contributed by atoms with van der Waals surface area (Å²) >= 11 is 6.09. The average molecular weight is 442 g/mol. The number of nitrogens with one attached hydrogen (secondary N) is 1. The molecule has 2 saturated carbocycles. The molecule has 1 amide bonds. The minimum atomic E-state index is 0.177. The maximum atomic E-state index is 13.3.